The summed E-state index contributed by atoms with van der Waals surface area (Å²) in [6.07, 6.45) is 3.83. The van der Waals surface area contributed by atoms with Crippen LogP contribution in [0.1, 0.15) is 56.1 Å². The summed E-state index contributed by atoms with van der Waals surface area (Å²) in [7, 11) is 1.27. The lowest BCUT2D eigenvalue weighted by molar-refractivity contribution is -0.135. The zero-order valence-electron chi connectivity index (χ0n) is 21.9. The number of halogens is 3. The van der Waals surface area contributed by atoms with Gasteiger partial charge in [0.15, 0.2) is 0 Å². The SMILES string of the molecule is COC(=O)N[C@H](C(=O)N1CC2(CC2)CC1c1ncc(-c2ccc3c(c2)C(F)(F)c2cc(Br)ccc2-3)[nH]1)C(C)C. The molecular weight excluding hydrogens is 570 g/mol. The molecule has 2 amide bonds. The van der Waals surface area contributed by atoms with E-state index in [0.717, 1.165) is 19.3 Å². The highest BCUT2D eigenvalue weighted by molar-refractivity contribution is 9.10. The van der Waals surface area contributed by atoms with E-state index in [9.17, 15) is 9.59 Å². The Bertz CT molecular complexity index is 1480. The fourth-order valence-electron chi connectivity index (χ4n) is 5.96. The van der Waals surface area contributed by atoms with E-state index >= 15 is 8.78 Å². The number of rotatable bonds is 5. The van der Waals surface area contributed by atoms with Crippen LogP contribution in [0.5, 0.6) is 0 Å². The number of imidazole rings is 1. The Kier molecular flexibility index (Phi) is 6.09. The number of carbonyl (C=O) groups is 2. The van der Waals surface area contributed by atoms with Crippen LogP contribution in [-0.2, 0) is 15.5 Å². The second-order valence-corrected chi connectivity index (χ2v) is 12.2. The Morgan fingerprint density at radius 3 is 2.51 bits per heavy atom. The maximum Gasteiger partial charge on any atom is 0.407 e. The van der Waals surface area contributed by atoms with Crippen LogP contribution < -0.4 is 5.32 Å². The third kappa shape index (κ3) is 4.33. The van der Waals surface area contributed by atoms with E-state index < -0.39 is 18.1 Å². The Morgan fingerprint density at radius 1 is 1.15 bits per heavy atom. The van der Waals surface area contributed by atoms with Gasteiger partial charge in [0, 0.05) is 27.7 Å². The zero-order valence-corrected chi connectivity index (χ0v) is 23.4. The molecule has 2 aromatic carbocycles. The minimum atomic E-state index is -3.11. The average molecular weight is 599 g/mol. The van der Waals surface area contributed by atoms with Gasteiger partial charge in [0.2, 0.25) is 5.91 Å². The Labute approximate surface area is 233 Å². The predicted molar refractivity (Wildman–Crippen MR) is 145 cm³/mol. The number of hydrogen-bond donors (Lipinski definition) is 2. The summed E-state index contributed by atoms with van der Waals surface area (Å²) < 4.78 is 36.2. The van der Waals surface area contributed by atoms with Crippen molar-refractivity contribution in [1.82, 2.24) is 20.2 Å². The number of hydrogen-bond acceptors (Lipinski definition) is 4. The fourth-order valence-corrected chi connectivity index (χ4v) is 6.33. The van der Waals surface area contributed by atoms with Crippen LogP contribution in [0, 0.1) is 11.3 Å². The van der Waals surface area contributed by atoms with Crippen LogP contribution in [0.25, 0.3) is 22.4 Å². The van der Waals surface area contributed by atoms with Gasteiger partial charge < -0.3 is 19.9 Å². The normalized spacial score (nSPS) is 20.6. The molecule has 3 aromatic rings. The summed E-state index contributed by atoms with van der Waals surface area (Å²) in [6.45, 7) is 4.35. The maximum atomic E-state index is 15.4. The van der Waals surface area contributed by atoms with Crippen molar-refractivity contribution < 1.29 is 23.1 Å². The number of fused-ring (bicyclic) bond motifs is 3. The van der Waals surface area contributed by atoms with Crippen molar-refractivity contribution in [3.8, 4) is 22.4 Å². The van der Waals surface area contributed by atoms with E-state index in [1.807, 2.05) is 24.8 Å². The number of H-pyrrole nitrogens is 1. The number of benzene rings is 2. The number of aromatic amines is 1. The van der Waals surface area contributed by atoms with Crippen molar-refractivity contribution in [3.05, 3.63) is 64.0 Å². The fraction of sp³-hybridized carbons (Fsp3) is 0.414. The van der Waals surface area contributed by atoms with Gasteiger partial charge in [-0.3, -0.25) is 4.79 Å². The smallest absolute Gasteiger partial charge is 0.407 e. The quantitative estimate of drug-likeness (QED) is 0.356. The van der Waals surface area contributed by atoms with Gasteiger partial charge in [0.1, 0.15) is 11.9 Å². The molecule has 6 rings (SSSR count). The first kappa shape index (κ1) is 26.0. The number of ether oxygens (including phenoxy) is 1. The van der Waals surface area contributed by atoms with Crippen LogP contribution in [0.15, 0.2) is 47.1 Å². The van der Waals surface area contributed by atoms with Gasteiger partial charge in [-0.15, -0.1) is 0 Å². The summed E-state index contributed by atoms with van der Waals surface area (Å²) in [6, 6.07) is 9.00. The molecule has 3 aliphatic rings. The largest absolute Gasteiger partial charge is 0.453 e. The van der Waals surface area contributed by atoms with Gasteiger partial charge in [-0.05, 0) is 59.9 Å². The molecule has 7 nitrogen and oxygen atoms in total. The molecule has 0 radical (unpaired) electrons. The van der Waals surface area contributed by atoms with Crippen LogP contribution in [0.3, 0.4) is 0 Å². The summed E-state index contributed by atoms with van der Waals surface area (Å²) in [5.41, 5.74) is 2.28. The molecule has 204 valence electrons. The Balaban J connectivity index is 1.30. The molecule has 1 saturated heterocycles. The van der Waals surface area contributed by atoms with Gasteiger partial charge >= 0.3 is 6.09 Å². The molecule has 1 unspecified atom stereocenters. The molecule has 2 N–H and O–H groups in total. The van der Waals surface area contributed by atoms with E-state index in [1.165, 1.54) is 19.2 Å². The van der Waals surface area contributed by atoms with Crippen molar-refractivity contribution in [3.63, 3.8) is 0 Å². The van der Waals surface area contributed by atoms with Crippen molar-refractivity contribution >= 4 is 27.9 Å². The molecule has 0 bridgehead atoms. The predicted octanol–water partition coefficient (Wildman–Crippen LogP) is 6.39. The number of carbonyl (C=O) groups excluding carboxylic acids is 2. The number of nitrogens with one attached hydrogen (secondary N) is 2. The number of methoxy groups -OCH3 is 1. The molecular formula is C29H29BrF2N4O3. The van der Waals surface area contributed by atoms with Crippen molar-refractivity contribution in [2.24, 2.45) is 11.3 Å². The molecule has 39 heavy (non-hydrogen) atoms. The number of amides is 2. The van der Waals surface area contributed by atoms with Gasteiger partial charge in [-0.1, -0.05) is 48.0 Å². The standard InChI is InChI=1S/C29H29BrF2N4O3/c1-15(2)24(35-27(38)39-3)26(37)36-14-28(8-9-28)12-23(36)25-33-13-22(34-25)16-4-6-18-19-7-5-17(30)11-21(19)29(31,32)20(18)10-16/h4-7,10-11,13,15,23-24H,8-9,12,14H2,1-3H3,(H,33,34)(H,35,38)/t23?,24-/m0/s1. The maximum absolute atomic E-state index is 15.4. The second kappa shape index (κ2) is 9.15. The summed E-state index contributed by atoms with van der Waals surface area (Å²) >= 11 is 3.31. The number of alkyl halides is 2. The third-order valence-corrected chi connectivity index (χ3v) is 8.82. The molecule has 1 aromatic heterocycles. The summed E-state index contributed by atoms with van der Waals surface area (Å²) in [5.74, 6) is -2.82. The van der Waals surface area contributed by atoms with Gasteiger partial charge in [0.05, 0.1) is 25.0 Å². The molecule has 2 atom stereocenters. The monoisotopic (exact) mass is 598 g/mol. The van der Waals surface area contributed by atoms with Gasteiger partial charge in [-0.25, -0.2) is 9.78 Å². The van der Waals surface area contributed by atoms with Crippen molar-refractivity contribution in [1.29, 1.82) is 0 Å². The van der Waals surface area contributed by atoms with Crippen LogP contribution >= 0.6 is 15.9 Å². The second-order valence-electron chi connectivity index (χ2n) is 11.3. The van der Waals surface area contributed by atoms with E-state index in [0.29, 0.717) is 39.2 Å². The lowest BCUT2D eigenvalue weighted by atomic mass is 10.0. The van der Waals surface area contributed by atoms with Crippen molar-refractivity contribution in [2.45, 2.75) is 51.1 Å². The van der Waals surface area contributed by atoms with Crippen molar-refractivity contribution in [2.75, 3.05) is 13.7 Å². The molecule has 1 saturated carbocycles. The molecule has 1 spiro atoms. The Morgan fingerprint density at radius 2 is 1.85 bits per heavy atom. The lowest BCUT2D eigenvalue weighted by Crippen LogP contribution is -2.51. The first-order valence-electron chi connectivity index (χ1n) is 13.1. The molecule has 2 fully saturated rings. The van der Waals surface area contributed by atoms with E-state index in [2.05, 4.69) is 31.2 Å². The molecule has 2 aliphatic carbocycles. The minimum Gasteiger partial charge on any atom is -0.453 e. The number of aromatic nitrogens is 2. The molecule has 2 heterocycles. The van der Waals surface area contributed by atoms with Crippen LogP contribution in [0.4, 0.5) is 13.6 Å². The summed E-state index contributed by atoms with van der Waals surface area (Å²) in [4.78, 5) is 35.3. The van der Waals surface area contributed by atoms with E-state index in [1.54, 1.807) is 24.4 Å². The van der Waals surface area contributed by atoms with E-state index in [-0.39, 0.29) is 34.4 Å². The first-order chi connectivity index (χ1) is 18.5. The average Bonchev–Trinajstić information content (AvgIpc) is 3.23. The molecule has 1 aliphatic heterocycles. The summed E-state index contributed by atoms with van der Waals surface area (Å²) in [5, 5.41) is 2.68. The third-order valence-electron chi connectivity index (χ3n) is 8.33. The Hall–Kier alpha value is -3.27. The lowest BCUT2D eigenvalue weighted by Gasteiger charge is -2.30. The highest BCUT2D eigenvalue weighted by Crippen LogP contribution is 2.58. The van der Waals surface area contributed by atoms with Gasteiger partial charge in [0.25, 0.3) is 5.92 Å². The first-order valence-corrected chi connectivity index (χ1v) is 13.9. The highest BCUT2D eigenvalue weighted by Gasteiger charge is 2.55. The molecule has 10 heteroatoms. The zero-order chi connectivity index (χ0) is 27.7. The van der Waals surface area contributed by atoms with Gasteiger partial charge in [-0.2, -0.15) is 8.78 Å². The van der Waals surface area contributed by atoms with E-state index in [4.69, 9.17) is 4.74 Å². The highest BCUT2D eigenvalue weighted by atomic mass is 79.9. The minimum absolute atomic E-state index is 0.00978. The number of likely N-dealkylation sites (tertiary alicyclic amines) is 1. The topological polar surface area (TPSA) is 87.3 Å². The van der Waals surface area contributed by atoms with Crippen LogP contribution in [-0.4, -0.2) is 46.6 Å². The number of alkyl carbamates (subject to hydrolysis) is 1. The number of nitrogens with zero attached hydrogens (tertiary/aromatic N) is 2. The van der Waals surface area contributed by atoms with Crippen LogP contribution in [0.2, 0.25) is 0 Å².